The first kappa shape index (κ1) is 43.3. The third-order valence-electron chi connectivity index (χ3n) is 10.6. The molecule has 0 atom stereocenters. The Labute approximate surface area is 368 Å². The highest BCUT2D eigenvalue weighted by Crippen LogP contribution is 2.27. The van der Waals surface area contributed by atoms with E-state index in [0.29, 0.717) is 21.8 Å². The quantitative estimate of drug-likeness (QED) is 0.0783. The summed E-state index contributed by atoms with van der Waals surface area (Å²) < 4.78 is 58.0. The van der Waals surface area contributed by atoms with Gasteiger partial charge in [0.25, 0.3) is 20.0 Å². The van der Waals surface area contributed by atoms with Crippen molar-refractivity contribution in [2.45, 2.75) is 9.79 Å². The Morgan fingerprint density at radius 3 is 1.32 bits per heavy atom. The minimum atomic E-state index is -3.95. The molecule has 6 heterocycles. The average Bonchev–Trinajstić information content (AvgIpc) is 3.27. The maximum Gasteiger partial charge on any atom is 0.261 e. The number of likely N-dealkylation sites (N-methyl/N-ethyl adjacent to an activating group) is 2. The van der Waals surface area contributed by atoms with Gasteiger partial charge in [-0.3, -0.25) is 29.0 Å². The number of hydrogen-bond donors (Lipinski definition) is 2. The molecule has 4 aromatic heterocycles. The van der Waals surface area contributed by atoms with Gasteiger partial charge in [-0.25, -0.2) is 26.8 Å². The number of nitrogens with zero attached hydrogens (tertiary/aromatic N) is 8. The summed E-state index contributed by atoms with van der Waals surface area (Å²) >= 11 is 0. The predicted octanol–water partition coefficient (Wildman–Crippen LogP) is 5.13. The number of sulfonamides is 2. The topological polar surface area (TPSA) is 191 Å². The Balaban J connectivity index is 0.786. The summed E-state index contributed by atoms with van der Waals surface area (Å²) in [7, 11) is -1.38. The van der Waals surface area contributed by atoms with Crippen LogP contribution >= 0.6 is 21.6 Å². The van der Waals surface area contributed by atoms with Crippen molar-refractivity contribution in [2.24, 2.45) is 0 Å². The minimum Gasteiger partial charge on any atom is -0.354 e. The summed E-state index contributed by atoms with van der Waals surface area (Å²) in [4.78, 5) is 52.6. The number of aromatic nitrogens is 4. The van der Waals surface area contributed by atoms with Crippen LogP contribution in [0.1, 0.15) is 21.0 Å². The van der Waals surface area contributed by atoms with E-state index < -0.39 is 20.0 Å². The third kappa shape index (κ3) is 10.3. The molecule has 2 aliphatic rings. The maximum absolute atomic E-state index is 13.2. The molecule has 0 spiro atoms. The second-order valence-corrected chi connectivity index (χ2v) is 20.9. The molecule has 2 aromatic carbocycles. The molecule has 0 bridgehead atoms. The summed E-state index contributed by atoms with van der Waals surface area (Å²) in [5.41, 5.74) is 2.10. The number of anilines is 4. The summed E-state index contributed by atoms with van der Waals surface area (Å²) in [6.45, 7) is 7.31. The van der Waals surface area contributed by atoms with Crippen LogP contribution in [-0.2, 0) is 20.0 Å². The Morgan fingerprint density at radius 2 is 0.952 bits per heavy atom. The lowest BCUT2D eigenvalue weighted by molar-refractivity contribution is 0.100. The van der Waals surface area contributed by atoms with Crippen molar-refractivity contribution in [1.82, 2.24) is 29.7 Å². The lowest BCUT2D eigenvalue weighted by Crippen LogP contribution is -2.44. The molecule has 20 heteroatoms. The van der Waals surface area contributed by atoms with Gasteiger partial charge in [0.2, 0.25) is 0 Å². The van der Waals surface area contributed by atoms with Crippen molar-refractivity contribution in [3.8, 4) is 0 Å². The summed E-state index contributed by atoms with van der Waals surface area (Å²) in [6.07, 6.45) is 2.58. The Kier molecular flexibility index (Phi) is 12.9. The van der Waals surface area contributed by atoms with E-state index in [1.807, 2.05) is 24.3 Å². The van der Waals surface area contributed by atoms with Crippen molar-refractivity contribution in [3.05, 3.63) is 109 Å². The predicted molar refractivity (Wildman–Crippen MR) is 247 cm³/mol. The van der Waals surface area contributed by atoms with E-state index in [1.54, 1.807) is 24.3 Å². The van der Waals surface area contributed by atoms with Gasteiger partial charge in [-0.1, -0.05) is 21.6 Å². The molecule has 2 fully saturated rings. The normalized spacial score (nSPS) is 15.5. The van der Waals surface area contributed by atoms with Gasteiger partial charge in [-0.05, 0) is 99.0 Å². The number of pyridine rings is 4. The average molecular weight is 913 g/mol. The zero-order valence-electron chi connectivity index (χ0n) is 34.0. The first-order valence-electron chi connectivity index (χ1n) is 19.8. The molecule has 0 aliphatic carbocycles. The van der Waals surface area contributed by atoms with Crippen molar-refractivity contribution >= 4 is 98.0 Å². The lowest BCUT2D eigenvalue weighted by Gasteiger charge is -2.33. The van der Waals surface area contributed by atoms with Crippen molar-refractivity contribution in [2.75, 3.05) is 97.2 Å². The van der Waals surface area contributed by atoms with Crippen LogP contribution in [0.3, 0.4) is 0 Å². The van der Waals surface area contributed by atoms with E-state index in [4.69, 9.17) is 9.97 Å². The standard InChI is InChI=1S/C42H44N10O6S4/c1-49-15-19-51(20-16-49)41-13-3-29-23-33(7-11-35(29)45-41)61(55,56)47-31-5-9-37(43-25-31)39(53)27-59-60-28-40(54)38-10-6-32(26-44-38)48-62(57,58)34-8-12-36-30(24-34)4-14-42(46-36)52-21-17-50(2)18-22-52/h3-14,23-26,47-48H,15-22,27-28H2,1-2H3. The molecule has 0 amide bonds. The molecule has 0 unspecified atom stereocenters. The summed E-state index contributed by atoms with van der Waals surface area (Å²) in [6, 6.07) is 23.0. The van der Waals surface area contributed by atoms with Crippen molar-refractivity contribution in [3.63, 3.8) is 0 Å². The lowest BCUT2D eigenvalue weighted by atomic mass is 10.2. The van der Waals surface area contributed by atoms with Gasteiger partial charge in [0.15, 0.2) is 11.6 Å². The fourth-order valence-electron chi connectivity index (χ4n) is 6.95. The number of Topliss-reactive ketones (excluding diaryl/α,β-unsaturated/α-hetero) is 2. The molecule has 2 aliphatic heterocycles. The molecule has 2 N–H and O–H groups in total. The van der Waals surface area contributed by atoms with Crippen LogP contribution in [0, 0.1) is 0 Å². The monoisotopic (exact) mass is 912 g/mol. The van der Waals surface area contributed by atoms with E-state index in [2.05, 4.69) is 53.1 Å². The maximum atomic E-state index is 13.2. The first-order valence-corrected chi connectivity index (χ1v) is 25.2. The minimum absolute atomic E-state index is 0.0219. The van der Waals surface area contributed by atoms with E-state index in [1.165, 1.54) is 70.4 Å². The number of piperazine rings is 2. The number of carbonyl (C=O) groups excluding carboxylic acids is 2. The molecular formula is C42H44N10O6S4. The first-order chi connectivity index (χ1) is 29.8. The Hall–Kier alpha value is -5.38. The van der Waals surface area contributed by atoms with Crippen LogP contribution in [0.25, 0.3) is 21.8 Å². The molecule has 322 valence electrons. The van der Waals surface area contributed by atoms with Crippen LogP contribution < -0.4 is 19.2 Å². The number of hydrogen-bond acceptors (Lipinski definition) is 16. The van der Waals surface area contributed by atoms with Gasteiger partial charge < -0.3 is 19.6 Å². The number of carbonyl (C=O) groups is 2. The van der Waals surface area contributed by atoms with Gasteiger partial charge in [-0.15, -0.1) is 0 Å². The fourth-order valence-corrected chi connectivity index (χ4v) is 10.9. The van der Waals surface area contributed by atoms with E-state index in [-0.39, 0.29) is 55.6 Å². The summed E-state index contributed by atoms with van der Waals surface area (Å²) in [5, 5.41) is 1.39. The van der Waals surface area contributed by atoms with Crippen LogP contribution in [0.2, 0.25) is 0 Å². The number of ketones is 2. The van der Waals surface area contributed by atoms with Crippen LogP contribution in [-0.4, -0.2) is 136 Å². The second-order valence-electron chi connectivity index (χ2n) is 15.1. The highest BCUT2D eigenvalue weighted by molar-refractivity contribution is 8.77. The van der Waals surface area contributed by atoms with E-state index >= 15 is 0 Å². The van der Waals surface area contributed by atoms with E-state index in [0.717, 1.165) is 64.0 Å². The number of benzene rings is 2. The fraction of sp³-hybridized carbons (Fsp3) is 0.286. The molecule has 0 radical (unpaired) electrons. The SMILES string of the molecule is CN1CCN(c2ccc3cc(S(=O)(=O)Nc4ccc(C(=O)CSSCC(=O)c5ccc(NS(=O)(=O)c6ccc7nc(N8CCN(C)CC8)ccc7c6)cn5)nc4)ccc3n2)CC1. The number of rotatable bonds is 15. The van der Waals surface area contributed by atoms with Crippen molar-refractivity contribution in [1.29, 1.82) is 0 Å². The molecule has 16 nitrogen and oxygen atoms in total. The van der Waals surface area contributed by atoms with Crippen molar-refractivity contribution < 1.29 is 26.4 Å². The van der Waals surface area contributed by atoms with Crippen LogP contribution in [0.5, 0.6) is 0 Å². The molecule has 8 rings (SSSR count). The van der Waals surface area contributed by atoms with Gasteiger partial charge in [0, 0.05) is 63.1 Å². The van der Waals surface area contributed by atoms with Crippen LogP contribution in [0.15, 0.2) is 107 Å². The van der Waals surface area contributed by atoms with Gasteiger partial charge in [0.05, 0.1) is 56.1 Å². The zero-order valence-corrected chi connectivity index (χ0v) is 37.2. The highest BCUT2D eigenvalue weighted by Gasteiger charge is 2.21. The molecule has 2 saturated heterocycles. The largest absolute Gasteiger partial charge is 0.354 e. The van der Waals surface area contributed by atoms with Gasteiger partial charge in [-0.2, -0.15) is 0 Å². The Morgan fingerprint density at radius 1 is 0.548 bits per heavy atom. The van der Waals surface area contributed by atoms with E-state index in [9.17, 15) is 26.4 Å². The highest BCUT2D eigenvalue weighted by atomic mass is 33.1. The van der Waals surface area contributed by atoms with Crippen LogP contribution in [0.4, 0.5) is 23.0 Å². The van der Waals surface area contributed by atoms with Gasteiger partial charge >= 0.3 is 0 Å². The number of fused-ring (bicyclic) bond motifs is 2. The third-order valence-corrected chi connectivity index (χ3v) is 15.5. The van der Waals surface area contributed by atoms with Gasteiger partial charge in [0.1, 0.15) is 23.0 Å². The second kappa shape index (κ2) is 18.5. The molecular weight excluding hydrogens is 869 g/mol. The Bertz CT molecular complexity index is 2640. The smallest absolute Gasteiger partial charge is 0.261 e. The summed E-state index contributed by atoms with van der Waals surface area (Å²) in [5.74, 6) is 1.18. The number of nitrogens with one attached hydrogen (secondary N) is 2. The molecule has 0 saturated carbocycles. The molecule has 62 heavy (non-hydrogen) atoms. The molecule has 6 aromatic rings. The zero-order chi connectivity index (χ0) is 43.4.